The molecular formula is C28H40O6. The van der Waals surface area contributed by atoms with E-state index < -0.39 is 35.1 Å². The minimum Gasteiger partial charge on any atom is -0.459 e. The lowest BCUT2D eigenvalue weighted by molar-refractivity contribution is -0.206. The molecule has 6 heteroatoms. The molecule has 0 amide bonds. The molecule has 0 aromatic rings. The van der Waals surface area contributed by atoms with Gasteiger partial charge in [0, 0.05) is 17.3 Å². The quantitative estimate of drug-likeness (QED) is 0.413. The summed E-state index contributed by atoms with van der Waals surface area (Å²) in [6.07, 6.45) is 7.84. The number of ether oxygens (including phenoxy) is 3. The second-order valence-electron chi connectivity index (χ2n) is 13.8. The largest absolute Gasteiger partial charge is 0.459 e. The van der Waals surface area contributed by atoms with E-state index in [1.54, 1.807) is 0 Å². The van der Waals surface area contributed by atoms with Crippen LogP contribution in [0.5, 0.6) is 0 Å². The number of carbonyl (C=O) groups is 3. The van der Waals surface area contributed by atoms with Gasteiger partial charge in [-0.1, -0.05) is 6.92 Å². The topological polar surface area (TPSA) is 78.9 Å². The van der Waals surface area contributed by atoms with Crippen molar-refractivity contribution in [3.8, 4) is 0 Å². The second kappa shape index (κ2) is 7.22. The fraction of sp³-hybridized carbons (Fsp3) is 0.893. The number of fused-ring (bicyclic) bond motifs is 1. The number of hydrogen-bond donors (Lipinski definition) is 0. The Kier molecular flexibility index (Phi) is 4.85. The van der Waals surface area contributed by atoms with Crippen LogP contribution in [0.3, 0.4) is 0 Å². The van der Waals surface area contributed by atoms with Crippen LogP contribution in [0.4, 0.5) is 0 Å². The van der Waals surface area contributed by atoms with Gasteiger partial charge in [-0.25, -0.2) is 0 Å². The molecule has 7 aliphatic rings. The third-order valence-corrected chi connectivity index (χ3v) is 11.2. The monoisotopic (exact) mass is 472 g/mol. The lowest BCUT2D eigenvalue weighted by Crippen LogP contribution is -2.58. The van der Waals surface area contributed by atoms with Crippen molar-refractivity contribution in [2.45, 2.75) is 104 Å². The standard InChI is InChI=1S/C28H40O6/c1-6-26(2,3)25(31)33-22-18-10-17-19(23(29)32-21(17)22)20(18)24(30)34-27(4,5)28-11-14-7-15(12-28)9-16(8-14)13-28/h14-22H,6-13H2,1-5H3. The predicted octanol–water partition coefficient (Wildman–Crippen LogP) is 4.68. The molecule has 0 aromatic heterocycles. The molecule has 7 fully saturated rings. The summed E-state index contributed by atoms with van der Waals surface area (Å²) in [5.74, 6) is 0.118. The number of esters is 3. The van der Waals surface area contributed by atoms with Crippen molar-refractivity contribution in [3.05, 3.63) is 0 Å². The normalized spacial score (nSPS) is 46.0. The molecular weight excluding hydrogens is 432 g/mol. The average molecular weight is 473 g/mol. The highest BCUT2D eigenvalue weighted by Gasteiger charge is 2.71. The van der Waals surface area contributed by atoms with Gasteiger partial charge < -0.3 is 14.2 Å². The molecule has 1 heterocycles. The summed E-state index contributed by atoms with van der Waals surface area (Å²) >= 11 is 0. The third-order valence-electron chi connectivity index (χ3n) is 11.2. The molecule has 0 radical (unpaired) electrons. The summed E-state index contributed by atoms with van der Waals surface area (Å²) in [7, 11) is 0. The van der Waals surface area contributed by atoms with Gasteiger partial charge in [-0.05, 0) is 96.8 Å². The van der Waals surface area contributed by atoms with Crippen LogP contribution >= 0.6 is 0 Å². The molecule has 6 aliphatic carbocycles. The van der Waals surface area contributed by atoms with Crippen LogP contribution in [0.2, 0.25) is 0 Å². The zero-order valence-electron chi connectivity index (χ0n) is 21.3. The lowest BCUT2D eigenvalue weighted by Gasteiger charge is -2.61. The molecule has 0 aromatic carbocycles. The van der Waals surface area contributed by atoms with Gasteiger partial charge in [-0.3, -0.25) is 14.4 Å². The van der Waals surface area contributed by atoms with Gasteiger partial charge in [-0.15, -0.1) is 0 Å². The van der Waals surface area contributed by atoms with Gasteiger partial charge in [0.1, 0.15) is 17.8 Å². The Bertz CT molecular complexity index is 883. The van der Waals surface area contributed by atoms with Gasteiger partial charge in [0.05, 0.1) is 17.3 Å². The van der Waals surface area contributed by atoms with Crippen LogP contribution in [0, 0.1) is 52.3 Å². The number of carbonyl (C=O) groups excluding carboxylic acids is 3. The van der Waals surface area contributed by atoms with E-state index in [2.05, 4.69) is 13.8 Å². The molecule has 188 valence electrons. The first-order valence-corrected chi connectivity index (χ1v) is 13.6. The van der Waals surface area contributed by atoms with Gasteiger partial charge in [0.25, 0.3) is 0 Å². The predicted molar refractivity (Wildman–Crippen MR) is 123 cm³/mol. The molecule has 6 bridgehead atoms. The molecule has 0 spiro atoms. The molecule has 34 heavy (non-hydrogen) atoms. The number of hydrogen-bond acceptors (Lipinski definition) is 6. The van der Waals surface area contributed by atoms with Crippen molar-refractivity contribution in [2.24, 2.45) is 52.3 Å². The highest BCUT2D eigenvalue weighted by atomic mass is 16.6. The van der Waals surface area contributed by atoms with Crippen molar-refractivity contribution in [3.63, 3.8) is 0 Å². The molecule has 6 saturated carbocycles. The first-order valence-electron chi connectivity index (χ1n) is 13.6. The van der Waals surface area contributed by atoms with E-state index in [0.717, 1.165) is 37.0 Å². The first-order chi connectivity index (χ1) is 15.9. The second-order valence-corrected chi connectivity index (χ2v) is 13.8. The zero-order valence-corrected chi connectivity index (χ0v) is 21.3. The maximum Gasteiger partial charge on any atom is 0.311 e. The first kappa shape index (κ1) is 22.8. The lowest BCUT2D eigenvalue weighted by atomic mass is 9.46. The number of rotatable bonds is 6. The molecule has 7 rings (SSSR count). The van der Waals surface area contributed by atoms with Crippen LogP contribution in [-0.4, -0.2) is 35.7 Å². The van der Waals surface area contributed by atoms with E-state index in [1.165, 1.54) is 19.3 Å². The van der Waals surface area contributed by atoms with Crippen molar-refractivity contribution < 1.29 is 28.6 Å². The fourth-order valence-corrected chi connectivity index (χ4v) is 9.17. The van der Waals surface area contributed by atoms with Crippen molar-refractivity contribution in [1.82, 2.24) is 0 Å². The summed E-state index contributed by atoms with van der Waals surface area (Å²) in [5.41, 5.74) is -1.13. The van der Waals surface area contributed by atoms with Crippen LogP contribution in [-0.2, 0) is 28.6 Å². The average Bonchev–Trinajstić information content (AvgIpc) is 3.36. The zero-order chi connectivity index (χ0) is 24.2. The Labute approximate surface area is 202 Å². The Morgan fingerprint density at radius 3 is 2.12 bits per heavy atom. The molecule has 6 nitrogen and oxygen atoms in total. The molecule has 0 N–H and O–H groups in total. The Morgan fingerprint density at radius 2 is 1.56 bits per heavy atom. The van der Waals surface area contributed by atoms with E-state index in [1.807, 2.05) is 20.8 Å². The van der Waals surface area contributed by atoms with Crippen LogP contribution in [0.15, 0.2) is 0 Å². The van der Waals surface area contributed by atoms with Gasteiger partial charge in [0.15, 0.2) is 0 Å². The Balaban J connectivity index is 1.23. The van der Waals surface area contributed by atoms with E-state index in [0.29, 0.717) is 12.8 Å². The van der Waals surface area contributed by atoms with Crippen molar-refractivity contribution in [1.29, 1.82) is 0 Å². The van der Waals surface area contributed by atoms with E-state index in [-0.39, 0.29) is 35.2 Å². The van der Waals surface area contributed by atoms with Gasteiger partial charge in [0.2, 0.25) is 0 Å². The van der Waals surface area contributed by atoms with E-state index in [9.17, 15) is 14.4 Å². The Morgan fingerprint density at radius 1 is 0.971 bits per heavy atom. The van der Waals surface area contributed by atoms with Crippen molar-refractivity contribution in [2.75, 3.05) is 0 Å². The minimum atomic E-state index is -0.611. The smallest absolute Gasteiger partial charge is 0.311 e. The molecule has 6 unspecified atom stereocenters. The summed E-state index contributed by atoms with van der Waals surface area (Å²) < 4.78 is 18.1. The highest BCUT2D eigenvalue weighted by molar-refractivity contribution is 5.86. The molecule has 1 saturated heterocycles. The maximum absolute atomic E-state index is 13.8. The maximum atomic E-state index is 13.8. The highest BCUT2D eigenvalue weighted by Crippen LogP contribution is 2.65. The third kappa shape index (κ3) is 3.08. The molecule has 1 aliphatic heterocycles. The summed E-state index contributed by atoms with van der Waals surface area (Å²) in [4.78, 5) is 39.5. The molecule has 6 atom stereocenters. The van der Waals surface area contributed by atoms with E-state index >= 15 is 0 Å². The SMILES string of the molecule is CCC(C)(C)C(=O)OC1C2CC3C1OC(=O)C3C2C(=O)OC(C)(C)C12CC3CC(CC(C3)C1)C2. The van der Waals surface area contributed by atoms with E-state index in [4.69, 9.17) is 14.2 Å². The van der Waals surface area contributed by atoms with Crippen molar-refractivity contribution >= 4 is 17.9 Å². The minimum absolute atomic E-state index is 0.0464. The van der Waals surface area contributed by atoms with Crippen LogP contribution in [0.1, 0.15) is 86.0 Å². The van der Waals surface area contributed by atoms with Gasteiger partial charge >= 0.3 is 17.9 Å². The summed E-state index contributed by atoms with van der Waals surface area (Å²) in [6, 6.07) is 0. The van der Waals surface area contributed by atoms with Crippen LogP contribution in [0.25, 0.3) is 0 Å². The van der Waals surface area contributed by atoms with Crippen LogP contribution < -0.4 is 0 Å². The van der Waals surface area contributed by atoms with Gasteiger partial charge in [-0.2, -0.15) is 0 Å². The summed E-state index contributed by atoms with van der Waals surface area (Å²) in [5, 5.41) is 0. The Hall–Kier alpha value is -1.59. The fourth-order valence-electron chi connectivity index (χ4n) is 9.17. The summed E-state index contributed by atoms with van der Waals surface area (Å²) in [6.45, 7) is 9.89.